The fraction of sp³-hybridized carbons (Fsp3) is 0.500. The molecular weight excluding hydrogens is 322 g/mol. The van der Waals surface area contributed by atoms with Crippen LogP contribution in [0.2, 0.25) is 0 Å². The first-order chi connectivity index (χ1) is 11.6. The molecule has 0 radical (unpaired) electrons. The van der Waals surface area contributed by atoms with E-state index in [1.165, 1.54) is 0 Å². The van der Waals surface area contributed by atoms with Crippen LogP contribution in [0, 0.1) is 0 Å². The Morgan fingerprint density at radius 3 is 2.29 bits per heavy atom. The Labute approximate surface area is 143 Å². The lowest BCUT2D eigenvalue weighted by molar-refractivity contribution is 0.185. The molecule has 2 fully saturated rings. The van der Waals surface area contributed by atoms with Crippen LogP contribution < -0.4 is 0 Å². The Kier molecular flexibility index (Phi) is 3.96. The quantitative estimate of drug-likeness (QED) is 0.856. The van der Waals surface area contributed by atoms with E-state index in [0.717, 1.165) is 37.7 Å². The fourth-order valence-corrected chi connectivity index (χ4v) is 6.12. The number of piperidine rings is 1. The summed E-state index contributed by atoms with van der Waals surface area (Å²) in [5.41, 5.74) is 1.16. The highest BCUT2D eigenvalue weighted by molar-refractivity contribution is 7.89. The lowest BCUT2D eigenvalue weighted by atomic mass is 10.00. The first-order valence-corrected chi connectivity index (χ1v) is 10.1. The number of benzene rings is 1. The molecule has 0 aliphatic carbocycles. The van der Waals surface area contributed by atoms with Crippen LogP contribution in [-0.2, 0) is 16.4 Å². The van der Waals surface area contributed by atoms with Crippen molar-refractivity contribution >= 4 is 10.0 Å². The smallest absolute Gasteiger partial charge is 0.243 e. The third-order valence-corrected chi connectivity index (χ3v) is 7.47. The molecule has 2 unspecified atom stereocenters. The summed E-state index contributed by atoms with van der Waals surface area (Å²) in [5, 5.41) is 4.35. The van der Waals surface area contributed by atoms with Crippen molar-refractivity contribution < 1.29 is 8.42 Å². The number of rotatable bonds is 4. The Morgan fingerprint density at radius 2 is 1.75 bits per heavy atom. The first kappa shape index (κ1) is 15.8. The highest BCUT2D eigenvalue weighted by Gasteiger charge is 2.47. The summed E-state index contributed by atoms with van der Waals surface area (Å²) in [4.78, 5) is 0.425. The maximum absolute atomic E-state index is 13.1. The van der Waals surface area contributed by atoms with Gasteiger partial charge in [0, 0.05) is 24.5 Å². The van der Waals surface area contributed by atoms with E-state index >= 15 is 0 Å². The Balaban J connectivity index is 1.60. The maximum Gasteiger partial charge on any atom is 0.243 e. The van der Waals surface area contributed by atoms with E-state index in [9.17, 15) is 8.42 Å². The van der Waals surface area contributed by atoms with Crippen LogP contribution in [0.4, 0.5) is 0 Å². The minimum Gasteiger partial charge on any atom is -0.270 e. The van der Waals surface area contributed by atoms with Crippen LogP contribution in [0.15, 0.2) is 47.6 Å². The lowest BCUT2D eigenvalue weighted by Gasteiger charge is -2.38. The summed E-state index contributed by atoms with van der Waals surface area (Å²) >= 11 is 0. The average molecular weight is 345 g/mol. The number of hydrogen-bond acceptors (Lipinski definition) is 3. The van der Waals surface area contributed by atoms with Crippen molar-refractivity contribution in [3.63, 3.8) is 0 Å². The molecule has 6 heteroatoms. The van der Waals surface area contributed by atoms with E-state index < -0.39 is 10.0 Å². The van der Waals surface area contributed by atoms with E-state index in [0.29, 0.717) is 10.9 Å². The molecule has 3 heterocycles. The molecule has 24 heavy (non-hydrogen) atoms. The van der Waals surface area contributed by atoms with Gasteiger partial charge in [-0.25, -0.2) is 8.42 Å². The molecule has 0 saturated carbocycles. The average Bonchev–Trinajstić information content (AvgIpc) is 3.22. The Bertz CT molecular complexity index is 785. The van der Waals surface area contributed by atoms with Crippen LogP contribution >= 0.6 is 0 Å². The van der Waals surface area contributed by atoms with Gasteiger partial charge in [0.05, 0.1) is 10.9 Å². The second-order valence-electron chi connectivity index (χ2n) is 6.83. The number of hydrogen-bond donors (Lipinski definition) is 0. The van der Waals surface area contributed by atoms with Gasteiger partial charge in [-0.05, 0) is 55.9 Å². The SMILES string of the molecule is CCc1ccc(S(=O)(=O)N2C3CCC2CC(n2cccn2)C3)cc1. The predicted octanol–water partition coefficient (Wildman–Crippen LogP) is 3.00. The highest BCUT2D eigenvalue weighted by atomic mass is 32.2. The molecule has 4 rings (SSSR count). The molecule has 2 atom stereocenters. The van der Waals surface area contributed by atoms with Gasteiger partial charge in [-0.3, -0.25) is 4.68 Å². The molecule has 5 nitrogen and oxygen atoms in total. The number of nitrogens with zero attached hydrogens (tertiary/aromatic N) is 3. The maximum atomic E-state index is 13.1. The molecule has 0 spiro atoms. The predicted molar refractivity (Wildman–Crippen MR) is 92.2 cm³/mol. The van der Waals surface area contributed by atoms with Crippen molar-refractivity contribution in [1.29, 1.82) is 0 Å². The van der Waals surface area contributed by atoms with Crippen molar-refractivity contribution in [3.05, 3.63) is 48.3 Å². The van der Waals surface area contributed by atoms with Crippen molar-refractivity contribution in [2.45, 2.75) is 62.0 Å². The topological polar surface area (TPSA) is 55.2 Å². The van der Waals surface area contributed by atoms with Crippen molar-refractivity contribution in [2.24, 2.45) is 0 Å². The Hall–Kier alpha value is -1.66. The van der Waals surface area contributed by atoms with Crippen LogP contribution in [0.25, 0.3) is 0 Å². The van der Waals surface area contributed by atoms with Gasteiger partial charge < -0.3 is 0 Å². The summed E-state index contributed by atoms with van der Waals surface area (Å²) in [6.07, 6.45) is 8.30. The third-order valence-electron chi connectivity index (χ3n) is 5.45. The molecule has 128 valence electrons. The second-order valence-corrected chi connectivity index (χ2v) is 8.67. The molecular formula is C18H23N3O2S. The number of fused-ring (bicyclic) bond motifs is 2. The van der Waals surface area contributed by atoms with Gasteiger partial charge in [0.1, 0.15) is 0 Å². The van der Waals surface area contributed by atoms with E-state index in [1.54, 1.807) is 22.6 Å². The summed E-state index contributed by atoms with van der Waals surface area (Å²) in [7, 11) is -3.41. The summed E-state index contributed by atoms with van der Waals surface area (Å²) in [5.74, 6) is 0. The molecule has 2 aliphatic rings. The second kappa shape index (κ2) is 6.01. The number of aryl methyl sites for hydroxylation is 1. The zero-order valence-electron chi connectivity index (χ0n) is 13.9. The number of aromatic nitrogens is 2. The van der Waals surface area contributed by atoms with Gasteiger partial charge in [-0.1, -0.05) is 19.1 Å². The molecule has 2 aromatic rings. The van der Waals surface area contributed by atoms with Gasteiger partial charge in [0.15, 0.2) is 0 Å². The van der Waals surface area contributed by atoms with Gasteiger partial charge in [-0.2, -0.15) is 9.40 Å². The van der Waals surface area contributed by atoms with Gasteiger partial charge in [0.2, 0.25) is 10.0 Å². The zero-order valence-corrected chi connectivity index (χ0v) is 14.7. The van der Waals surface area contributed by atoms with E-state index in [4.69, 9.17) is 0 Å². The van der Waals surface area contributed by atoms with E-state index in [2.05, 4.69) is 12.0 Å². The first-order valence-electron chi connectivity index (χ1n) is 8.71. The van der Waals surface area contributed by atoms with E-state index in [-0.39, 0.29) is 12.1 Å². The molecule has 2 aliphatic heterocycles. The minimum atomic E-state index is -3.41. The fourth-order valence-electron chi connectivity index (χ4n) is 4.23. The largest absolute Gasteiger partial charge is 0.270 e. The van der Waals surface area contributed by atoms with Gasteiger partial charge >= 0.3 is 0 Å². The molecule has 1 aromatic heterocycles. The van der Waals surface area contributed by atoms with Crippen LogP contribution in [0.1, 0.15) is 44.2 Å². The normalized spacial score (nSPS) is 27.5. The molecule has 1 aromatic carbocycles. The van der Waals surface area contributed by atoms with Gasteiger partial charge in [-0.15, -0.1) is 0 Å². The molecule has 0 N–H and O–H groups in total. The van der Waals surface area contributed by atoms with E-state index in [1.807, 2.05) is 29.1 Å². The van der Waals surface area contributed by atoms with Crippen LogP contribution in [-0.4, -0.2) is 34.6 Å². The monoisotopic (exact) mass is 345 g/mol. The molecule has 2 saturated heterocycles. The van der Waals surface area contributed by atoms with Gasteiger partial charge in [0.25, 0.3) is 0 Å². The standard InChI is InChI=1S/C18H23N3O2S/c1-2-14-4-8-18(9-5-14)24(22,23)21-15-6-7-16(21)13-17(12-15)20-11-3-10-19-20/h3-5,8-11,15-17H,2,6-7,12-13H2,1H3. The minimum absolute atomic E-state index is 0.0915. The van der Waals surface area contributed by atoms with Crippen molar-refractivity contribution in [1.82, 2.24) is 14.1 Å². The lowest BCUT2D eigenvalue weighted by Crippen LogP contribution is -2.46. The van der Waals surface area contributed by atoms with Crippen molar-refractivity contribution in [2.75, 3.05) is 0 Å². The van der Waals surface area contributed by atoms with Crippen molar-refractivity contribution in [3.8, 4) is 0 Å². The summed E-state index contributed by atoms with van der Waals surface area (Å²) < 4.78 is 30.1. The number of sulfonamides is 1. The zero-order chi connectivity index (χ0) is 16.7. The van der Waals surface area contributed by atoms with Crippen LogP contribution in [0.3, 0.4) is 0 Å². The third kappa shape index (κ3) is 2.58. The Morgan fingerprint density at radius 1 is 1.08 bits per heavy atom. The highest BCUT2D eigenvalue weighted by Crippen LogP contribution is 2.43. The molecule has 0 amide bonds. The molecule has 2 bridgehead atoms. The summed E-state index contributed by atoms with van der Waals surface area (Å²) in [6.45, 7) is 2.07. The summed E-state index contributed by atoms with van der Waals surface area (Å²) in [6, 6.07) is 9.78. The van der Waals surface area contributed by atoms with Crippen LogP contribution in [0.5, 0.6) is 0 Å².